The fraction of sp³-hybridized carbons (Fsp3) is 0.474. The van der Waals surface area contributed by atoms with Gasteiger partial charge in [-0.1, -0.05) is 17.7 Å². The molecule has 1 aliphatic carbocycles. The van der Waals surface area contributed by atoms with Crippen LogP contribution in [0.25, 0.3) is 0 Å². The Labute approximate surface area is 181 Å². The number of nitrogens with zero attached hydrogens (tertiary/aromatic N) is 3. The van der Waals surface area contributed by atoms with Gasteiger partial charge in [0.15, 0.2) is 5.96 Å². The number of hydrogen-bond acceptors (Lipinski definition) is 2. The van der Waals surface area contributed by atoms with Gasteiger partial charge in [-0.3, -0.25) is 9.67 Å². The number of aliphatic imine (C=N–C) groups is 1. The second-order valence-electron chi connectivity index (χ2n) is 6.93. The summed E-state index contributed by atoms with van der Waals surface area (Å²) in [6, 6.07) is 5.39. The fourth-order valence-electron chi connectivity index (χ4n) is 3.12. The first-order chi connectivity index (χ1) is 12.5. The van der Waals surface area contributed by atoms with E-state index in [1.165, 1.54) is 17.3 Å². The van der Waals surface area contributed by atoms with Crippen molar-refractivity contribution in [2.75, 3.05) is 7.05 Å². The van der Waals surface area contributed by atoms with Crippen LogP contribution < -0.4 is 10.6 Å². The quantitative estimate of drug-likeness (QED) is 0.374. The largest absolute Gasteiger partial charge is 0.353 e. The molecule has 1 aromatic carbocycles. The molecular weight excluding hydrogens is 480 g/mol. The summed E-state index contributed by atoms with van der Waals surface area (Å²) in [5.74, 6) is 0.318. The molecular formula is C19H26ClFIN5. The average molecular weight is 506 g/mol. The number of nitrogens with one attached hydrogen (secondary N) is 2. The van der Waals surface area contributed by atoms with E-state index in [9.17, 15) is 4.39 Å². The van der Waals surface area contributed by atoms with Gasteiger partial charge in [0.1, 0.15) is 5.82 Å². The van der Waals surface area contributed by atoms with Crippen LogP contribution in [0.5, 0.6) is 0 Å². The van der Waals surface area contributed by atoms with Gasteiger partial charge in [-0.25, -0.2) is 4.39 Å². The maximum Gasteiger partial charge on any atom is 0.191 e. The molecule has 1 atom stereocenters. The lowest BCUT2D eigenvalue weighted by atomic mass is 9.94. The fourth-order valence-corrected chi connectivity index (χ4v) is 3.33. The lowest BCUT2D eigenvalue weighted by Crippen LogP contribution is -2.45. The van der Waals surface area contributed by atoms with Crippen molar-refractivity contribution >= 4 is 41.5 Å². The molecule has 0 saturated heterocycles. The lowest BCUT2D eigenvalue weighted by molar-refractivity contribution is 0.499. The smallest absolute Gasteiger partial charge is 0.191 e. The minimum absolute atomic E-state index is 0. The summed E-state index contributed by atoms with van der Waals surface area (Å²) in [5, 5.41) is 11.6. The Bertz CT molecular complexity index is 805. The number of fused-ring (bicyclic) bond motifs is 1. The summed E-state index contributed by atoms with van der Waals surface area (Å²) in [6.45, 7) is 4.81. The predicted octanol–water partition coefficient (Wildman–Crippen LogP) is 4.10. The summed E-state index contributed by atoms with van der Waals surface area (Å²) in [5.41, 5.74) is 3.42. The molecule has 3 rings (SSSR count). The van der Waals surface area contributed by atoms with Gasteiger partial charge in [0.05, 0.1) is 10.7 Å². The number of rotatable bonds is 4. The van der Waals surface area contributed by atoms with Gasteiger partial charge in [-0.2, -0.15) is 5.10 Å². The summed E-state index contributed by atoms with van der Waals surface area (Å²) in [7, 11) is 1.74. The molecule has 27 heavy (non-hydrogen) atoms. The summed E-state index contributed by atoms with van der Waals surface area (Å²) in [4.78, 5) is 4.29. The molecule has 1 unspecified atom stereocenters. The maximum atomic E-state index is 13.2. The molecule has 0 spiro atoms. The molecule has 148 valence electrons. The maximum absolute atomic E-state index is 13.2. The molecule has 0 aliphatic heterocycles. The summed E-state index contributed by atoms with van der Waals surface area (Å²) >= 11 is 5.83. The Kier molecular flexibility index (Phi) is 7.91. The highest BCUT2D eigenvalue weighted by atomic mass is 127. The number of aryl methyl sites for hydroxylation is 1. The van der Waals surface area contributed by atoms with E-state index in [0.29, 0.717) is 18.6 Å². The molecule has 0 bridgehead atoms. The number of guanidine groups is 1. The van der Waals surface area contributed by atoms with E-state index in [1.54, 1.807) is 19.2 Å². The van der Waals surface area contributed by atoms with Crippen molar-refractivity contribution in [1.82, 2.24) is 20.4 Å². The Morgan fingerprint density at radius 3 is 2.89 bits per heavy atom. The van der Waals surface area contributed by atoms with Gasteiger partial charge in [0.2, 0.25) is 0 Å². The number of halogens is 3. The van der Waals surface area contributed by atoms with Crippen LogP contribution in [0.3, 0.4) is 0 Å². The van der Waals surface area contributed by atoms with Gasteiger partial charge in [-0.15, -0.1) is 24.0 Å². The van der Waals surface area contributed by atoms with Gasteiger partial charge in [-0.05, 0) is 49.9 Å². The van der Waals surface area contributed by atoms with Crippen molar-refractivity contribution in [2.45, 2.75) is 51.7 Å². The Morgan fingerprint density at radius 1 is 1.44 bits per heavy atom. The van der Waals surface area contributed by atoms with Gasteiger partial charge in [0.25, 0.3) is 0 Å². The van der Waals surface area contributed by atoms with Crippen LogP contribution in [0, 0.1) is 5.82 Å². The standard InChI is InChI=1S/C19H25ClFN5.HI/c1-12(2)26-11-14-5-6-15(9-18(14)25-26)24-19(22-3)23-10-13-4-7-17(21)16(20)8-13;/h4,7-8,11-12,15H,5-6,9-10H2,1-3H3,(H2,22,23,24);1H. The molecule has 1 heterocycles. The highest BCUT2D eigenvalue weighted by Gasteiger charge is 2.23. The van der Waals surface area contributed by atoms with Crippen LogP contribution in [0.4, 0.5) is 4.39 Å². The van der Waals surface area contributed by atoms with Crippen molar-refractivity contribution in [3.8, 4) is 0 Å². The summed E-state index contributed by atoms with van der Waals surface area (Å²) in [6.07, 6.45) is 5.11. The van der Waals surface area contributed by atoms with Crippen molar-refractivity contribution < 1.29 is 4.39 Å². The first-order valence-electron chi connectivity index (χ1n) is 8.94. The van der Waals surface area contributed by atoms with Crippen molar-refractivity contribution in [1.29, 1.82) is 0 Å². The van der Waals surface area contributed by atoms with Gasteiger partial charge < -0.3 is 10.6 Å². The molecule has 2 N–H and O–H groups in total. The van der Waals surface area contributed by atoms with Crippen molar-refractivity contribution in [3.63, 3.8) is 0 Å². The molecule has 0 amide bonds. The van der Waals surface area contributed by atoms with Crippen molar-refractivity contribution in [2.24, 2.45) is 4.99 Å². The molecule has 8 heteroatoms. The Balaban J connectivity index is 0.00000261. The summed E-state index contributed by atoms with van der Waals surface area (Å²) < 4.78 is 15.3. The van der Waals surface area contributed by atoms with E-state index in [-0.39, 0.29) is 29.0 Å². The van der Waals surface area contributed by atoms with Gasteiger partial charge >= 0.3 is 0 Å². The SMILES string of the molecule is CN=C(NCc1ccc(F)c(Cl)c1)NC1CCc2cn(C(C)C)nc2C1.I. The first kappa shape index (κ1) is 21.9. The van der Waals surface area contributed by atoms with E-state index in [0.717, 1.165) is 30.8 Å². The minimum Gasteiger partial charge on any atom is -0.353 e. The number of aromatic nitrogens is 2. The second kappa shape index (κ2) is 9.73. The highest BCUT2D eigenvalue weighted by Crippen LogP contribution is 2.22. The average Bonchev–Trinajstić information content (AvgIpc) is 3.05. The molecule has 0 radical (unpaired) electrons. The third kappa shape index (κ3) is 5.57. The Hall–Kier alpha value is -1.35. The Morgan fingerprint density at radius 2 is 2.22 bits per heavy atom. The van der Waals surface area contributed by atoms with Crippen LogP contribution in [0.1, 0.15) is 43.1 Å². The van der Waals surface area contributed by atoms with Crippen LogP contribution in [0.2, 0.25) is 5.02 Å². The van der Waals surface area contributed by atoms with Crippen LogP contribution in [-0.2, 0) is 19.4 Å². The van der Waals surface area contributed by atoms with Crippen LogP contribution >= 0.6 is 35.6 Å². The monoisotopic (exact) mass is 505 g/mol. The molecule has 1 aromatic heterocycles. The second-order valence-corrected chi connectivity index (χ2v) is 7.34. The van der Waals surface area contributed by atoms with E-state index in [4.69, 9.17) is 16.7 Å². The highest BCUT2D eigenvalue weighted by molar-refractivity contribution is 14.0. The zero-order chi connectivity index (χ0) is 18.7. The lowest BCUT2D eigenvalue weighted by Gasteiger charge is -2.24. The van der Waals surface area contributed by atoms with E-state index < -0.39 is 5.82 Å². The minimum atomic E-state index is -0.406. The third-order valence-electron chi connectivity index (χ3n) is 4.63. The zero-order valence-electron chi connectivity index (χ0n) is 15.8. The van der Waals surface area contributed by atoms with Crippen molar-refractivity contribution in [3.05, 3.63) is 52.1 Å². The van der Waals surface area contributed by atoms with Crippen LogP contribution in [0.15, 0.2) is 29.4 Å². The molecule has 0 fully saturated rings. The molecule has 5 nitrogen and oxygen atoms in total. The van der Waals surface area contributed by atoms with E-state index in [1.807, 2.05) is 4.68 Å². The molecule has 0 saturated carbocycles. The third-order valence-corrected chi connectivity index (χ3v) is 4.92. The normalized spacial score (nSPS) is 16.7. The first-order valence-corrected chi connectivity index (χ1v) is 9.32. The van der Waals surface area contributed by atoms with E-state index in [2.05, 4.69) is 35.7 Å². The molecule has 2 aromatic rings. The number of hydrogen-bond donors (Lipinski definition) is 2. The van der Waals surface area contributed by atoms with Crippen LogP contribution in [-0.4, -0.2) is 28.8 Å². The predicted molar refractivity (Wildman–Crippen MR) is 119 cm³/mol. The zero-order valence-corrected chi connectivity index (χ0v) is 18.9. The van der Waals surface area contributed by atoms with E-state index >= 15 is 0 Å². The topological polar surface area (TPSA) is 54.2 Å². The molecule has 1 aliphatic rings. The van der Waals surface area contributed by atoms with Gasteiger partial charge in [0, 0.05) is 38.3 Å². The number of benzene rings is 1.